The van der Waals surface area contributed by atoms with Crippen LogP contribution < -0.4 is 5.32 Å². The Hall–Kier alpha value is -0.980. The highest BCUT2D eigenvalue weighted by Crippen LogP contribution is 2.20. The lowest BCUT2D eigenvalue weighted by Crippen LogP contribution is -2.29. The summed E-state index contributed by atoms with van der Waals surface area (Å²) in [4.78, 5) is 3.81. The van der Waals surface area contributed by atoms with Crippen LogP contribution in [0, 0.1) is 0 Å². The molecule has 2 heterocycles. The van der Waals surface area contributed by atoms with Crippen LogP contribution in [0.25, 0.3) is 0 Å². The van der Waals surface area contributed by atoms with Crippen molar-refractivity contribution in [1.29, 1.82) is 0 Å². The maximum Gasteiger partial charge on any atom is 0.205 e. The van der Waals surface area contributed by atoms with Gasteiger partial charge in [0.15, 0.2) is 0 Å². The number of hydrogen-bond acceptors (Lipinski definition) is 6. The summed E-state index contributed by atoms with van der Waals surface area (Å²) in [7, 11) is 0. The van der Waals surface area contributed by atoms with E-state index < -0.39 is 0 Å². The fourth-order valence-electron chi connectivity index (χ4n) is 1.74. The highest BCUT2D eigenvalue weighted by atomic mass is 32.1. The Morgan fingerprint density at radius 3 is 2.79 bits per heavy atom. The van der Waals surface area contributed by atoms with Crippen LogP contribution >= 0.6 is 22.7 Å². The summed E-state index contributed by atoms with van der Waals surface area (Å²) in [6.07, 6.45) is 0. The first kappa shape index (κ1) is 14.4. The van der Waals surface area contributed by atoms with Crippen molar-refractivity contribution in [1.82, 2.24) is 15.1 Å². The van der Waals surface area contributed by atoms with Crippen molar-refractivity contribution in [3.05, 3.63) is 27.4 Å². The molecule has 2 rings (SSSR count). The van der Waals surface area contributed by atoms with E-state index in [0.717, 1.165) is 29.8 Å². The maximum absolute atomic E-state index is 4.25. The van der Waals surface area contributed by atoms with Crippen LogP contribution in [0.4, 0.5) is 5.13 Å². The van der Waals surface area contributed by atoms with Crippen LogP contribution in [0.2, 0.25) is 0 Å². The van der Waals surface area contributed by atoms with Crippen molar-refractivity contribution in [2.45, 2.75) is 39.9 Å². The molecule has 2 aromatic rings. The molecule has 0 unspecified atom stereocenters. The molecule has 19 heavy (non-hydrogen) atoms. The molecule has 104 valence electrons. The van der Waals surface area contributed by atoms with E-state index in [2.05, 4.69) is 58.7 Å². The molecule has 0 amide bonds. The number of hydrogen-bond donors (Lipinski definition) is 1. The molecule has 6 heteroatoms. The van der Waals surface area contributed by atoms with Gasteiger partial charge < -0.3 is 5.32 Å². The Morgan fingerprint density at radius 2 is 2.16 bits per heavy atom. The number of anilines is 1. The minimum Gasteiger partial charge on any atom is -0.360 e. The predicted octanol–water partition coefficient (Wildman–Crippen LogP) is 3.44. The van der Waals surface area contributed by atoms with Crippen molar-refractivity contribution in [3.63, 3.8) is 0 Å². The monoisotopic (exact) mass is 296 g/mol. The predicted molar refractivity (Wildman–Crippen MR) is 82.8 cm³/mol. The van der Waals surface area contributed by atoms with Gasteiger partial charge in [-0.3, -0.25) is 4.90 Å². The van der Waals surface area contributed by atoms with Gasteiger partial charge in [-0.1, -0.05) is 17.4 Å². The third-order valence-electron chi connectivity index (χ3n) is 2.80. The third kappa shape index (κ3) is 4.26. The Bertz CT molecular complexity index is 479. The Balaban J connectivity index is 1.99. The van der Waals surface area contributed by atoms with E-state index in [-0.39, 0.29) is 0 Å². The molecule has 1 N–H and O–H groups in total. The lowest BCUT2D eigenvalue weighted by molar-refractivity contribution is 0.205. The summed E-state index contributed by atoms with van der Waals surface area (Å²) >= 11 is 3.45. The lowest BCUT2D eigenvalue weighted by atomic mass is 10.3. The zero-order valence-electron chi connectivity index (χ0n) is 11.6. The van der Waals surface area contributed by atoms with Gasteiger partial charge in [-0.15, -0.1) is 21.5 Å². The molecular weight excluding hydrogens is 276 g/mol. The van der Waals surface area contributed by atoms with Crippen LogP contribution in [0.5, 0.6) is 0 Å². The van der Waals surface area contributed by atoms with E-state index in [0.29, 0.717) is 6.04 Å². The normalized spacial score (nSPS) is 11.4. The molecule has 0 radical (unpaired) electrons. The Kier molecular flexibility index (Phi) is 5.30. The average Bonchev–Trinajstić information content (AvgIpc) is 3.01. The van der Waals surface area contributed by atoms with E-state index in [1.165, 1.54) is 4.88 Å². The van der Waals surface area contributed by atoms with Gasteiger partial charge in [-0.05, 0) is 32.2 Å². The molecule has 0 aliphatic rings. The summed E-state index contributed by atoms with van der Waals surface area (Å²) in [5.41, 5.74) is 0. The second kappa shape index (κ2) is 6.98. The first-order chi connectivity index (χ1) is 9.19. The van der Waals surface area contributed by atoms with Gasteiger partial charge in [-0.25, -0.2) is 0 Å². The highest BCUT2D eigenvalue weighted by Gasteiger charge is 2.14. The quantitative estimate of drug-likeness (QED) is 0.850. The summed E-state index contributed by atoms with van der Waals surface area (Å²) in [5, 5.41) is 15.7. The lowest BCUT2D eigenvalue weighted by Gasteiger charge is -2.24. The molecule has 0 saturated heterocycles. The van der Waals surface area contributed by atoms with Crippen molar-refractivity contribution in [3.8, 4) is 0 Å². The van der Waals surface area contributed by atoms with E-state index in [4.69, 9.17) is 0 Å². The fraction of sp³-hybridized carbons (Fsp3) is 0.538. The second-order valence-corrected chi connectivity index (χ2v) is 6.70. The van der Waals surface area contributed by atoms with Crippen molar-refractivity contribution < 1.29 is 0 Å². The van der Waals surface area contributed by atoms with Crippen LogP contribution in [-0.2, 0) is 13.1 Å². The third-order valence-corrected chi connectivity index (χ3v) is 4.53. The minimum atomic E-state index is 0.494. The molecule has 0 spiro atoms. The van der Waals surface area contributed by atoms with Crippen LogP contribution in [0.15, 0.2) is 17.5 Å². The first-order valence-electron chi connectivity index (χ1n) is 6.51. The molecule has 2 aromatic heterocycles. The number of nitrogens with one attached hydrogen (secondary N) is 1. The maximum atomic E-state index is 4.25. The highest BCUT2D eigenvalue weighted by molar-refractivity contribution is 7.15. The molecule has 0 atom stereocenters. The number of thiophene rings is 1. The van der Waals surface area contributed by atoms with Crippen LogP contribution in [0.1, 0.15) is 30.7 Å². The summed E-state index contributed by atoms with van der Waals surface area (Å²) < 4.78 is 0. The molecule has 0 saturated carbocycles. The molecule has 0 fully saturated rings. The molecular formula is C13H20N4S2. The molecule has 0 bridgehead atoms. The minimum absolute atomic E-state index is 0.494. The molecule has 4 nitrogen and oxygen atoms in total. The average molecular weight is 296 g/mol. The number of aromatic nitrogens is 2. The first-order valence-corrected chi connectivity index (χ1v) is 8.21. The Labute approximate surface area is 122 Å². The standard InChI is InChI=1S/C13H20N4S2/c1-4-14-13-16-15-12(19-13)9-17(10(2)3)8-11-6-5-7-18-11/h5-7,10H,4,8-9H2,1-3H3,(H,14,16). The second-order valence-electron chi connectivity index (χ2n) is 4.61. The summed E-state index contributed by atoms with van der Waals surface area (Å²) in [6, 6.07) is 4.78. The van der Waals surface area contributed by atoms with Gasteiger partial charge >= 0.3 is 0 Å². The zero-order valence-corrected chi connectivity index (χ0v) is 13.2. The van der Waals surface area contributed by atoms with Crippen molar-refractivity contribution in [2.24, 2.45) is 0 Å². The van der Waals surface area contributed by atoms with Crippen LogP contribution in [-0.4, -0.2) is 27.7 Å². The van der Waals surface area contributed by atoms with E-state index in [9.17, 15) is 0 Å². The SMILES string of the molecule is CCNc1nnc(CN(Cc2cccs2)C(C)C)s1. The van der Waals surface area contributed by atoms with Gasteiger partial charge in [0.05, 0.1) is 6.54 Å². The zero-order chi connectivity index (χ0) is 13.7. The number of rotatable bonds is 7. The summed E-state index contributed by atoms with van der Waals surface area (Å²) in [5.74, 6) is 0. The Morgan fingerprint density at radius 1 is 1.32 bits per heavy atom. The molecule has 0 aliphatic carbocycles. The van der Waals surface area contributed by atoms with E-state index >= 15 is 0 Å². The van der Waals surface area contributed by atoms with E-state index in [1.54, 1.807) is 22.7 Å². The van der Waals surface area contributed by atoms with Gasteiger partial charge in [0, 0.05) is 24.0 Å². The fourth-order valence-corrected chi connectivity index (χ4v) is 3.30. The largest absolute Gasteiger partial charge is 0.360 e. The van der Waals surface area contributed by atoms with Crippen molar-refractivity contribution in [2.75, 3.05) is 11.9 Å². The van der Waals surface area contributed by atoms with E-state index in [1.807, 2.05) is 0 Å². The van der Waals surface area contributed by atoms with Crippen molar-refractivity contribution >= 4 is 27.8 Å². The smallest absolute Gasteiger partial charge is 0.205 e. The molecule has 0 aromatic carbocycles. The topological polar surface area (TPSA) is 41.1 Å². The van der Waals surface area contributed by atoms with Gasteiger partial charge in [0.2, 0.25) is 5.13 Å². The van der Waals surface area contributed by atoms with Gasteiger partial charge in [0.1, 0.15) is 5.01 Å². The number of nitrogens with zero attached hydrogens (tertiary/aromatic N) is 3. The molecule has 0 aliphatic heterocycles. The van der Waals surface area contributed by atoms with Gasteiger partial charge in [-0.2, -0.15) is 0 Å². The van der Waals surface area contributed by atoms with Gasteiger partial charge in [0.25, 0.3) is 0 Å². The van der Waals surface area contributed by atoms with Crippen LogP contribution in [0.3, 0.4) is 0 Å². The summed E-state index contributed by atoms with van der Waals surface area (Å²) in [6.45, 7) is 9.24.